The van der Waals surface area contributed by atoms with Crippen LogP contribution in [0.15, 0.2) is 41.4 Å². The zero-order valence-corrected chi connectivity index (χ0v) is 12.7. The van der Waals surface area contributed by atoms with Gasteiger partial charge in [-0.15, -0.1) is 6.58 Å². The topological polar surface area (TPSA) is 40.5 Å². The minimum atomic E-state index is -0.823. The SMILES string of the molecule is C=CC[C@@]1(O)CCC[C@]1(CO)Cc1ccc(Br)cc1. The minimum Gasteiger partial charge on any atom is -0.396 e. The number of aliphatic hydroxyl groups is 2. The number of halogens is 1. The summed E-state index contributed by atoms with van der Waals surface area (Å²) in [5.74, 6) is 0. The first-order valence-electron chi connectivity index (χ1n) is 6.74. The molecule has 0 bridgehead atoms. The maximum Gasteiger partial charge on any atom is 0.0762 e. The third kappa shape index (κ3) is 2.78. The second kappa shape index (κ2) is 5.78. The molecule has 2 N–H and O–H groups in total. The van der Waals surface area contributed by atoms with E-state index in [-0.39, 0.29) is 6.61 Å². The predicted octanol–water partition coefficient (Wildman–Crippen LogP) is 3.46. The largest absolute Gasteiger partial charge is 0.396 e. The molecule has 0 amide bonds. The maximum atomic E-state index is 10.9. The molecule has 0 heterocycles. The molecule has 0 saturated heterocycles. The fraction of sp³-hybridized carbons (Fsp3) is 0.500. The molecule has 2 atom stereocenters. The summed E-state index contributed by atoms with van der Waals surface area (Å²) in [4.78, 5) is 0. The normalized spacial score (nSPS) is 30.5. The summed E-state index contributed by atoms with van der Waals surface area (Å²) in [5.41, 5.74) is -0.104. The Morgan fingerprint density at radius 1 is 1.26 bits per heavy atom. The van der Waals surface area contributed by atoms with Crippen LogP contribution in [0.2, 0.25) is 0 Å². The highest BCUT2D eigenvalue weighted by Crippen LogP contribution is 2.50. The van der Waals surface area contributed by atoms with Crippen molar-refractivity contribution in [2.45, 2.75) is 37.7 Å². The van der Waals surface area contributed by atoms with Crippen molar-refractivity contribution in [2.24, 2.45) is 5.41 Å². The third-order valence-electron chi connectivity index (χ3n) is 4.47. The lowest BCUT2D eigenvalue weighted by Crippen LogP contribution is -2.47. The monoisotopic (exact) mass is 324 g/mol. The van der Waals surface area contributed by atoms with Gasteiger partial charge in [0.15, 0.2) is 0 Å². The van der Waals surface area contributed by atoms with Gasteiger partial charge >= 0.3 is 0 Å². The van der Waals surface area contributed by atoms with Gasteiger partial charge in [-0.3, -0.25) is 0 Å². The maximum absolute atomic E-state index is 10.9. The van der Waals surface area contributed by atoms with Gasteiger partial charge in [0.2, 0.25) is 0 Å². The fourth-order valence-corrected chi connectivity index (χ4v) is 3.57. The highest BCUT2D eigenvalue weighted by atomic mass is 79.9. The molecule has 1 fully saturated rings. The summed E-state index contributed by atoms with van der Waals surface area (Å²) in [6, 6.07) is 8.10. The van der Waals surface area contributed by atoms with Crippen molar-refractivity contribution in [3.63, 3.8) is 0 Å². The zero-order valence-electron chi connectivity index (χ0n) is 11.1. The molecule has 1 aromatic carbocycles. The Balaban J connectivity index is 2.26. The van der Waals surface area contributed by atoms with Crippen LogP contribution in [0.4, 0.5) is 0 Å². The molecule has 2 nitrogen and oxygen atoms in total. The summed E-state index contributed by atoms with van der Waals surface area (Å²) in [5, 5.41) is 20.8. The van der Waals surface area contributed by atoms with Crippen LogP contribution in [-0.4, -0.2) is 22.4 Å². The number of hydrogen-bond acceptors (Lipinski definition) is 2. The zero-order chi connectivity index (χ0) is 13.9. The average molecular weight is 325 g/mol. The Hall–Kier alpha value is -0.640. The highest BCUT2D eigenvalue weighted by molar-refractivity contribution is 9.10. The van der Waals surface area contributed by atoms with Gasteiger partial charge in [0, 0.05) is 9.89 Å². The Labute approximate surface area is 123 Å². The average Bonchev–Trinajstić information content (AvgIpc) is 2.70. The van der Waals surface area contributed by atoms with Crippen LogP contribution in [0.3, 0.4) is 0 Å². The van der Waals surface area contributed by atoms with Crippen molar-refractivity contribution in [1.29, 1.82) is 0 Å². The first-order chi connectivity index (χ1) is 9.05. The van der Waals surface area contributed by atoms with Gasteiger partial charge in [-0.25, -0.2) is 0 Å². The van der Waals surface area contributed by atoms with E-state index >= 15 is 0 Å². The van der Waals surface area contributed by atoms with Gasteiger partial charge in [-0.1, -0.05) is 34.1 Å². The lowest BCUT2D eigenvalue weighted by atomic mass is 9.69. The van der Waals surface area contributed by atoms with Gasteiger partial charge in [0.1, 0.15) is 0 Å². The molecule has 104 valence electrons. The first-order valence-corrected chi connectivity index (χ1v) is 7.53. The summed E-state index contributed by atoms with van der Waals surface area (Å²) in [6.07, 6.45) is 5.59. The van der Waals surface area contributed by atoms with Gasteiger partial charge in [0.25, 0.3) is 0 Å². The van der Waals surface area contributed by atoms with E-state index in [0.29, 0.717) is 12.8 Å². The van der Waals surface area contributed by atoms with Crippen molar-refractivity contribution in [3.05, 3.63) is 47.0 Å². The molecule has 1 aliphatic rings. The van der Waals surface area contributed by atoms with E-state index in [4.69, 9.17) is 0 Å². The van der Waals surface area contributed by atoms with Crippen LogP contribution in [0.25, 0.3) is 0 Å². The van der Waals surface area contributed by atoms with E-state index in [9.17, 15) is 10.2 Å². The Kier molecular flexibility index (Phi) is 4.49. The lowest BCUT2D eigenvalue weighted by Gasteiger charge is -2.41. The summed E-state index contributed by atoms with van der Waals surface area (Å²) >= 11 is 3.42. The van der Waals surface area contributed by atoms with E-state index < -0.39 is 11.0 Å². The standard InChI is InChI=1S/C16H21BrO2/c1-2-8-16(19)10-3-9-15(16,12-18)11-13-4-6-14(17)7-5-13/h2,4-7,18-19H,1,3,8-12H2/t15-,16-/m1/s1. The fourth-order valence-electron chi connectivity index (χ4n) is 3.30. The molecule has 0 aromatic heterocycles. The molecule has 19 heavy (non-hydrogen) atoms. The second-order valence-corrected chi connectivity index (χ2v) is 6.54. The molecule has 1 aromatic rings. The first kappa shape index (κ1) is 14.8. The van der Waals surface area contributed by atoms with Crippen LogP contribution in [-0.2, 0) is 6.42 Å². The van der Waals surface area contributed by atoms with E-state index in [1.807, 2.05) is 24.3 Å². The molecule has 0 radical (unpaired) electrons. The molecule has 0 unspecified atom stereocenters. The van der Waals surface area contributed by atoms with Gasteiger partial charge in [-0.2, -0.15) is 0 Å². The Bertz CT molecular complexity index is 443. The number of rotatable bonds is 5. The van der Waals surface area contributed by atoms with Crippen molar-refractivity contribution < 1.29 is 10.2 Å². The number of aliphatic hydroxyl groups excluding tert-OH is 1. The highest BCUT2D eigenvalue weighted by Gasteiger charge is 2.52. The molecule has 1 aliphatic carbocycles. The van der Waals surface area contributed by atoms with Crippen LogP contribution < -0.4 is 0 Å². The Morgan fingerprint density at radius 2 is 1.95 bits per heavy atom. The van der Waals surface area contributed by atoms with Gasteiger partial charge < -0.3 is 10.2 Å². The van der Waals surface area contributed by atoms with E-state index in [0.717, 1.165) is 29.3 Å². The summed E-state index contributed by atoms with van der Waals surface area (Å²) in [6.45, 7) is 3.76. The molecule has 0 aliphatic heterocycles. The molecule has 3 heteroatoms. The molecular formula is C16H21BrO2. The van der Waals surface area contributed by atoms with E-state index in [1.54, 1.807) is 6.08 Å². The second-order valence-electron chi connectivity index (χ2n) is 5.62. The van der Waals surface area contributed by atoms with Crippen LogP contribution in [0.5, 0.6) is 0 Å². The summed E-state index contributed by atoms with van der Waals surface area (Å²) < 4.78 is 1.04. The predicted molar refractivity (Wildman–Crippen MR) is 81.0 cm³/mol. The minimum absolute atomic E-state index is 0.0212. The third-order valence-corrected chi connectivity index (χ3v) is 5.00. The van der Waals surface area contributed by atoms with Crippen molar-refractivity contribution >= 4 is 15.9 Å². The van der Waals surface area contributed by atoms with Crippen molar-refractivity contribution in [1.82, 2.24) is 0 Å². The van der Waals surface area contributed by atoms with Crippen LogP contribution in [0.1, 0.15) is 31.2 Å². The van der Waals surface area contributed by atoms with Gasteiger partial charge in [0.05, 0.1) is 12.2 Å². The van der Waals surface area contributed by atoms with Crippen LogP contribution in [0, 0.1) is 5.41 Å². The molecule has 1 saturated carbocycles. The quantitative estimate of drug-likeness (QED) is 0.814. The van der Waals surface area contributed by atoms with E-state index in [2.05, 4.69) is 22.5 Å². The Morgan fingerprint density at radius 3 is 2.53 bits per heavy atom. The molecular weight excluding hydrogens is 304 g/mol. The molecule has 2 rings (SSSR count). The van der Waals surface area contributed by atoms with E-state index in [1.165, 1.54) is 0 Å². The lowest BCUT2D eigenvalue weighted by molar-refractivity contribution is -0.0848. The van der Waals surface area contributed by atoms with Crippen molar-refractivity contribution in [2.75, 3.05) is 6.61 Å². The molecule has 0 spiro atoms. The smallest absolute Gasteiger partial charge is 0.0762 e. The van der Waals surface area contributed by atoms with Crippen LogP contribution >= 0.6 is 15.9 Å². The number of benzene rings is 1. The van der Waals surface area contributed by atoms with Gasteiger partial charge in [-0.05, 0) is 49.8 Å². The summed E-state index contributed by atoms with van der Waals surface area (Å²) in [7, 11) is 0. The number of hydrogen-bond donors (Lipinski definition) is 2. The van der Waals surface area contributed by atoms with Crippen molar-refractivity contribution in [3.8, 4) is 0 Å².